The normalized spacial score (nSPS) is 13.1. The Morgan fingerprint density at radius 1 is 1.19 bits per heavy atom. The van der Waals surface area contributed by atoms with Gasteiger partial charge in [0, 0.05) is 11.6 Å². The van der Waals surface area contributed by atoms with Crippen molar-refractivity contribution in [1.82, 2.24) is 0 Å². The molecular weight excluding hydrogens is 210 g/mol. The molecule has 0 spiro atoms. The Hall–Kier alpha value is -0.960. The standard InChI is InChI=1S/C13H18F2O/c1-3-9(4-2)7-13(16)11-6-5-10(14)8-12(11)15/h5-6,8-9,13,16H,3-4,7H2,1-2H3. The number of halogens is 2. The van der Waals surface area contributed by atoms with Crippen LogP contribution in [-0.2, 0) is 0 Å². The van der Waals surface area contributed by atoms with Gasteiger partial charge in [0.2, 0.25) is 0 Å². The van der Waals surface area contributed by atoms with Crippen LogP contribution in [0.5, 0.6) is 0 Å². The highest BCUT2D eigenvalue weighted by atomic mass is 19.1. The molecule has 90 valence electrons. The zero-order valence-electron chi connectivity index (χ0n) is 9.71. The summed E-state index contributed by atoms with van der Waals surface area (Å²) in [5.41, 5.74) is 0.188. The molecule has 0 heterocycles. The van der Waals surface area contributed by atoms with Crippen LogP contribution in [0.15, 0.2) is 18.2 Å². The predicted octanol–water partition coefficient (Wildman–Crippen LogP) is 3.82. The van der Waals surface area contributed by atoms with Crippen molar-refractivity contribution in [2.24, 2.45) is 5.92 Å². The summed E-state index contributed by atoms with van der Waals surface area (Å²) in [5, 5.41) is 9.86. The molecule has 0 aliphatic carbocycles. The highest BCUT2D eigenvalue weighted by Gasteiger charge is 2.17. The van der Waals surface area contributed by atoms with Crippen molar-refractivity contribution in [2.75, 3.05) is 0 Å². The Balaban J connectivity index is 2.76. The molecule has 1 N–H and O–H groups in total. The quantitative estimate of drug-likeness (QED) is 0.812. The van der Waals surface area contributed by atoms with E-state index in [0.717, 1.165) is 18.9 Å². The molecule has 16 heavy (non-hydrogen) atoms. The number of rotatable bonds is 5. The Morgan fingerprint density at radius 2 is 1.81 bits per heavy atom. The van der Waals surface area contributed by atoms with E-state index < -0.39 is 17.7 Å². The fourth-order valence-electron chi connectivity index (χ4n) is 1.84. The van der Waals surface area contributed by atoms with E-state index in [-0.39, 0.29) is 5.56 Å². The van der Waals surface area contributed by atoms with Crippen molar-refractivity contribution in [3.63, 3.8) is 0 Å². The summed E-state index contributed by atoms with van der Waals surface area (Å²) < 4.78 is 26.0. The van der Waals surface area contributed by atoms with E-state index in [0.29, 0.717) is 12.3 Å². The van der Waals surface area contributed by atoms with Gasteiger partial charge in [-0.25, -0.2) is 8.78 Å². The largest absolute Gasteiger partial charge is 0.388 e. The lowest BCUT2D eigenvalue weighted by Crippen LogP contribution is -2.07. The van der Waals surface area contributed by atoms with E-state index in [1.165, 1.54) is 12.1 Å². The molecular formula is C13H18F2O. The Bertz CT molecular complexity index is 335. The SMILES string of the molecule is CCC(CC)CC(O)c1ccc(F)cc1F. The molecule has 1 unspecified atom stereocenters. The summed E-state index contributed by atoms with van der Waals surface area (Å²) in [7, 11) is 0. The molecule has 0 aliphatic rings. The first-order valence-electron chi connectivity index (χ1n) is 5.71. The fourth-order valence-corrected chi connectivity index (χ4v) is 1.84. The van der Waals surface area contributed by atoms with Crippen LogP contribution in [0.25, 0.3) is 0 Å². The Labute approximate surface area is 95.1 Å². The molecule has 1 aromatic rings. The van der Waals surface area contributed by atoms with Crippen LogP contribution in [0.4, 0.5) is 8.78 Å². The molecule has 1 aromatic carbocycles. The van der Waals surface area contributed by atoms with Crippen molar-refractivity contribution in [2.45, 2.75) is 39.2 Å². The summed E-state index contributed by atoms with van der Waals surface area (Å²) in [4.78, 5) is 0. The Morgan fingerprint density at radius 3 is 2.31 bits per heavy atom. The van der Waals surface area contributed by atoms with Gasteiger partial charge in [0.15, 0.2) is 0 Å². The number of aliphatic hydroxyl groups is 1. The fraction of sp³-hybridized carbons (Fsp3) is 0.538. The van der Waals surface area contributed by atoms with Crippen LogP contribution in [0, 0.1) is 17.6 Å². The number of benzene rings is 1. The van der Waals surface area contributed by atoms with Gasteiger partial charge in [0.05, 0.1) is 6.10 Å². The molecule has 3 heteroatoms. The maximum Gasteiger partial charge on any atom is 0.131 e. The molecule has 1 rings (SSSR count). The van der Waals surface area contributed by atoms with Crippen LogP contribution in [-0.4, -0.2) is 5.11 Å². The molecule has 0 fully saturated rings. The summed E-state index contributed by atoms with van der Waals surface area (Å²) in [6, 6.07) is 3.30. The molecule has 0 bridgehead atoms. The first-order chi connectivity index (χ1) is 7.58. The topological polar surface area (TPSA) is 20.2 Å². The van der Waals surface area contributed by atoms with Gasteiger partial charge in [-0.05, 0) is 18.4 Å². The highest BCUT2D eigenvalue weighted by molar-refractivity contribution is 5.20. The van der Waals surface area contributed by atoms with Gasteiger partial charge in [-0.2, -0.15) is 0 Å². The van der Waals surface area contributed by atoms with Crippen LogP contribution in [0.1, 0.15) is 44.8 Å². The minimum atomic E-state index is -0.842. The van der Waals surface area contributed by atoms with Gasteiger partial charge in [-0.1, -0.05) is 32.8 Å². The molecule has 0 saturated heterocycles. The van der Waals surface area contributed by atoms with Gasteiger partial charge in [0.1, 0.15) is 11.6 Å². The molecule has 0 amide bonds. The van der Waals surface area contributed by atoms with Gasteiger partial charge >= 0.3 is 0 Å². The summed E-state index contributed by atoms with van der Waals surface area (Å²) in [6.45, 7) is 4.09. The van der Waals surface area contributed by atoms with E-state index in [2.05, 4.69) is 0 Å². The van der Waals surface area contributed by atoms with E-state index >= 15 is 0 Å². The molecule has 0 aliphatic heterocycles. The maximum absolute atomic E-state index is 13.4. The smallest absolute Gasteiger partial charge is 0.131 e. The molecule has 0 radical (unpaired) electrons. The van der Waals surface area contributed by atoms with E-state index in [4.69, 9.17) is 0 Å². The van der Waals surface area contributed by atoms with E-state index in [1.807, 2.05) is 13.8 Å². The summed E-state index contributed by atoms with van der Waals surface area (Å²) >= 11 is 0. The third kappa shape index (κ3) is 3.27. The van der Waals surface area contributed by atoms with Crippen molar-refractivity contribution in [1.29, 1.82) is 0 Å². The van der Waals surface area contributed by atoms with Crippen LogP contribution in [0.3, 0.4) is 0 Å². The lowest BCUT2D eigenvalue weighted by Gasteiger charge is -2.18. The minimum Gasteiger partial charge on any atom is -0.388 e. The van der Waals surface area contributed by atoms with E-state index in [9.17, 15) is 13.9 Å². The van der Waals surface area contributed by atoms with Crippen molar-refractivity contribution in [3.05, 3.63) is 35.4 Å². The summed E-state index contributed by atoms with van der Waals surface area (Å²) in [5.74, 6) is -0.908. The second-order valence-electron chi connectivity index (χ2n) is 4.10. The third-order valence-corrected chi connectivity index (χ3v) is 3.03. The van der Waals surface area contributed by atoms with Gasteiger partial charge in [-0.15, -0.1) is 0 Å². The lowest BCUT2D eigenvalue weighted by molar-refractivity contribution is 0.137. The molecule has 0 saturated carbocycles. The van der Waals surface area contributed by atoms with Crippen LogP contribution < -0.4 is 0 Å². The van der Waals surface area contributed by atoms with Crippen molar-refractivity contribution < 1.29 is 13.9 Å². The monoisotopic (exact) mass is 228 g/mol. The lowest BCUT2D eigenvalue weighted by atomic mass is 9.93. The minimum absolute atomic E-state index is 0.188. The Kier molecular flexibility index (Phi) is 4.87. The number of hydrogen-bond donors (Lipinski definition) is 1. The number of hydrogen-bond acceptors (Lipinski definition) is 1. The molecule has 0 aromatic heterocycles. The van der Waals surface area contributed by atoms with Crippen molar-refractivity contribution in [3.8, 4) is 0 Å². The van der Waals surface area contributed by atoms with Gasteiger partial charge in [-0.3, -0.25) is 0 Å². The highest BCUT2D eigenvalue weighted by Crippen LogP contribution is 2.27. The third-order valence-electron chi connectivity index (χ3n) is 3.03. The van der Waals surface area contributed by atoms with Crippen LogP contribution in [0.2, 0.25) is 0 Å². The van der Waals surface area contributed by atoms with E-state index in [1.54, 1.807) is 0 Å². The van der Waals surface area contributed by atoms with Gasteiger partial charge in [0.25, 0.3) is 0 Å². The van der Waals surface area contributed by atoms with Crippen LogP contribution >= 0.6 is 0 Å². The summed E-state index contributed by atoms with van der Waals surface area (Å²) in [6.07, 6.45) is 1.59. The zero-order chi connectivity index (χ0) is 12.1. The second-order valence-corrected chi connectivity index (χ2v) is 4.10. The zero-order valence-corrected chi connectivity index (χ0v) is 9.71. The first-order valence-corrected chi connectivity index (χ1v) is 5.71. The maximum atomic E-state index is 13.4. The molecule has 1 nitrogen and oxygen atoms in total. The average Bonchev–Trinajstić information content (AvgIpc) is 2.25. The molecule has 1 atom stereocenters. The van der Waals surface area contributed by atoms with Crippen molar-refractivity contribution >= 4 is 0 Å². The number of aliphatic hydroxyl groups excluding tert-OH is 1. The predicted molar refractivity (Wildman–Crippen MR) is 60.0 cm³/mol. The van der Waals surface area contributed by atoms with Gasteiger partial charge < -0.3 is 5.11 Å². The second kappa shape index (κ2) is 5.94. The average molecular weight is 228 g/mol. The first kappa shape index (κ1) is 13.1.